The number of rotatable bonds is 9. The molecule has 0 radical (unpaired) electrons. The van der Waals surface area contributed by atoms with Crippen molar-refractivity contribution in [1.29, 1.82) is 0 Å². The maximum Gasteiger partial charge on any atom is 0.208 e. The second kappa shape index (κ2) is 7.34. The highest BCUT2D eigenvalue weighted by Crippen LogP contribution is 2.37. The van der Waals surface area contributed by atoms with Crippen molar-refractivity contribution in [3.8, 4) is 0 Å². The summed E-state index contributed by atoms with van der Waals surface area (Å²) >= 11 is 2.82. The van der Waals surface area contributed by atoms with Gasteiger partial charge in [0.15, 0.2) is 10.9 Å². The van der Waals surface area contributed by atoms with Crippen molar-refractivity contribution < 1.29 is 13.2 Å². The molecule has 1 saturated carbocycles. The van der Waals surface area contributed by atoms with Crippen LogP contribution in [0.5, 0.6) is 0 Å². The number of carbonyl (C=O) groups is 1. The molecule has 0 spiro atoms. The van der Waals surface area contributed by atoms with Gasteiger partial charge in [-0.05, 0) is 31.4 Å². The second-order valence-corrected chi connectivity index (χ2v) is 9.59. The van der Waals surface area contributed by atoms with Gasteiger partial charge in [0.2, 0.25) is 10.0 Å². The van der Waals surface area contributed by atoms with Crippen molar-refractivity contribution in [3.63, 3.8) is 0 Å². The largest absolute Gasteiger partial charge is 0.306 e. The Bertz CT molecular complexity index is 824. The van der Waals surface area contributed by atoms with E-state index in [2.05, 4.69) is 14.9 Å². The van der Waals surface area contributed by atoms with Crippen LogP contribution in [-0.2, 0) is 16.4 Å². The van der Waals surface area contributed by atoms with E-state index in [0.29, 0.717) is 29.6 Å². The quantitative estimate of drug-likeness (QED) is 0.521. The summed E-state index contributed by atoms with van der Waals surface area (Å²) < 4.78 is 26.6. The molecule has 2 aromatic heterocycles. The van der Waals surface area contributed by atoms with Gasteiger partial charge in [-0.1, -0.05) is 11.8 Å². The fourth-order valence-corrected chi connectivity index (χ4v) is 4.54. The van der Waals surface area contributed by atoms with Crippen LogP contribution in [0.25, 0.3) is 0 Å². The van der Waals surface area contributed by atoms with Gasteiger partial charge in [-0.25, -0.2) is 13.1 Å². The van der Waals surface area contributed by atoms with E-state index >= 15 is 0 Å². The summed E-state index contributed by atoms with van der Waals surface area (Å²) in [5.41, 5.74) is 0. The maximum atomic E-state index is 12.3. The van der Waals surface area contributed by atoms with E-state index in [0.717, 1.165) is 29.1 Å². The number of ketones is 1. The van der Waals surface area contributed by atoms with Crippen molar-refractivity contribution in [3.05, 3.63) is 28.2 Å². The third kappa shape index (κ3) is 4.88. The summed E-state index contributed by atoms with van der Waals surface area (Å²) in [5, 5.41) is 8.78. The molecule has 130 valence electrons. The first kappa shape index (κ1) is 17.6. The molecule has 10 heteroatoms. The Kier molecular flexibility index (Phi) is 5.38. The molecular weight excluding hydrogens is 368 g/mol. The molecule has 24 heavy (non-hydrogen) atoms. The highest BCUT2D eigenvalue weighted by Gasteiger charge is 2.26. The molecule has 7 nitrogen and oxygen atoms in total. The zero-order chi connectivity index (χ0) is 17.2. The second-order valence-electron chi connectivity index (χ2n) is 5.65. The molecule has 2 aromatic rings. The first-order valence-corrected chi connectivity index (χ1v) is 11.2. The van der Waals surface area contributed by atoms with Gasteiger partial charge in [0, 0.05) is 17.5 Å². The van der Waals surface area contributed by atoms with Crippen molar-refractivity contribution in [1.82, 2.24) is 19.5 Å². The Labute approximate surface area is 148 Å². The molecule has 0 unspecified atom stereocenters. The lowest BCUT2D eigenvalue weighted by Crippen LogP contribution is -2.23. The molecule has 1 N–H and O–H groups in total. The van der Waals surface area contributed by atoms with Crippen LogP contribution in [0.1, 0.15) is 33.4 Å². The summed E-state index contributed by atoms with van der Waals surface area (Å²) in [4.78, 5) is 14.0. The molecule has 3 rings (SSSR count). The Morgan fingerprint density at radius 3 is 2.96 bits per heavy atom. The minimum absolute atomic E-state index is 0.0534. The van der Waals surface area contributed by atoms with Gasteiger partial charge in [-0.15, -0.1) is 21.5 Å². The number of sulfonamides is 1. The molecule has 0 atom stereocenters. The molecule has 2 heterocycles. The number of thiophene rings is 1. The van der Waals surface area contributed by atoms with Gasteiger partial charge in [0.1, 0.15) is 6.33 Å². The third-order valence-electron chi connectivity index (χ3n) is 3.48. The Balaban J connectivity index is 1.51. The number of nitrogens with one attached hydrogen (secondary N) is 1. The smallest absolute Gasteiger partial charge is 0.208 e. The van der Waals surface area contributed by atoms with Crippen LogP contribution >= 0.6 is 23.1 Å². The lowest BCUT2D eigenvalue weighted by Gasteiger charge is -2.02. The fourth-order valence-electron chi connectivity index (χ4n) is 2.16. The summed E-state index contributed by atoms with van der Waals surface area (Å²) in [6.45, 7) is 0.340. The molecule has 0 bridgehead atoms. The average molecular weight is 387 g/mol. The van der Waals surface area contributed by atoms with Crippen LogP contribution in [0.2, 0.25) is 0 Å². The van der Waals surface area contributed by atoms with Crippen LogP contribution in [0, 0.1) is 0 Å². The first-order chi connectivity index (χ1) is 11.4. The lowest BCUT2D eigenvalue weighted by atomic mass is 10.3. The Hall–Kier alpha value is -1.23. The van der Waals surface area contributed by atoms with Gasteiger partial charge in [0.25, 0.3) is 0 Å². The SMILES string of the molecule is CS(=O)(=O)NCCc1ccc(C(=O)CSc2nncn2C2CC2)s1. The zero-order valence-electron chi connectivity index (χ0n) is 13.1. The highest BCUT2D eigenvalue weighted by molar-refractivity contribution is 7.99. The number of nitrogens with zero attached hydrogens (tertiary/aromatic N) is 3. The zero-order valence-corrected chi connectivity index (χ0v) is 15.6. The fraction of sp³-hybridized carbons (Fsp3) is 0.500. The molecule has 0 aromatic carbocycles. The topological polar surface area (TPSA) is 93.9 Å². The van der Waals surface area contributed by atoms with Crippen LogP contribution in [0.3, 0.4) is 0 Å². The van der Waals surface area contributed by atoms with Crippen LogP contribution in [0.4, 0.5) is 0 Å². The minimum atomic E-state index is -3.17. The van der Waals surface area contributed by atoms with Crippen LogP contribution < -0.4 is 4.72 Å². The molecular formula is C14H18N4O3S3. The highest BCUT2D eigenvalue weighted by atomic mass is 32.2. The summed E-state index contributed by atoms with van der Waals surface area (Å²) in [5.74, 6) is 0.380. The minimum Gasteiger partial charge on any atom is -0.306 e. The van der Waals surface area contributed by atoms with E-state index in [1.165, 1.54) is 23.1 Å². The Morgan fingerprint density at radius 2 is 2.25 bits per heavy atom. The molecule has 0 saturated heterocycles. The van der Waals surface area contributed by atoms with E-state index in [1.54, 1.807) is 12.4 Å². The van der Waals surface area contributed by atoms with Gasteiger partial charge in [-0.2, -0.15) is 0 Å². The van der Waals surface area contributed by atoms with Crippen LogP contribution in [0.15, 0.2) is 23.6 Å². The van der Waals surface area contributed by atoms with Gasteiger partial charge >= 0.3 is 0 Å². The molecule has 1 aliphatic rings. The van der Waals surface area contributed by atoms with Gasteiger partial charge < -0.3 is 4.57 Å². The van der Waals surface area contributed by atoms with Crippen molar-refractivity contribution >= 4 is 38.9 Å². The number of hydrogen-bond acceptors (Lipinski definition) is 7. The number of hydrogen-bond donors (Lipinski definition) is 1. The average Bonchev–Trinajstić information content (AvgIpc) is 3.06. The van der Waals surface area contributed by atoms with Crippen LogP contribution in [-0.4, -0.2) is 47.5 Å². The van der Waals surface area contributed by atoms with E-state index in [-0.39, 0.29) is 5.78 Å². The summed E-state index contributed by atoms with van der Waals surface area (Å²) in [6, 6.07) is 4.17. The van der Waals surface area contributed by atoms with Gasteiger partial charge in [-0.3, -0.25) is 4.79 Å². The third-order valence-corrected chi connectivity index (χ3v) is 6.36. The van der Waals surface area contributed by atoms with Crippen molar-refractivity contribution in [2.45, 2.75) is 30.5 Å². The number of aromatic nitrogens is 3. The maximum absolute atomic E-state index is 12.3. The van der Waals surface area contributed by atoms with Crippen molar-refractivity contribution in [2.24, 2.45) is 0 Å². The lowest BCUT2D eigenvalue weighted by molar-refractivity contribution is 0.102. The number of Topliss-reactive ketones (excluding diaryl/α,β-unsaturated/α-hetero) is 1. The molecule has 0 amide bonds. The monoisotopic (exact) mass is 386 g/mol. The summed E-state index contributed by atoms with van der Waals surface area (Å²) in [6.07, 6.45) is 5.73. The number of thioether (sulfide) groups is 1. The van der Waals surface area contributed by atoms with E-state index in [9.17, 15) is 13.2 Å². The normalized spacial score (nSPS) is 14.9. The molecule has 1 aliphatic carbocycles. The summed E-state index contributed by atoms with van der Waals surface area (Å²) in [7, 11) is -3.17. The van der Waals surface area contributed by atoms with Gasteiger partial charge in [0.05, 0.1) is 16.9 Å². The molecule has 0 aliphatic heterocycles. The molecule has 1 fully saturated rings. The standard InChI is InChI=1S/C14H18N4O3S3/c1-24(20,21)16-7-6-11-4-5-13(23-11)12(19)8-22-14-17-15-9-18(14)10-2-3-10/h4-5,9-10,16H,2-3,6-8H2,1H3. The first-order valence-electron chi connectivity index (χ1n) is 7.51. The van der Waals surface area contributed by atoms with E-state index in [1.807, 2.05) is 10.6 Å². The predicted molar refractivity (Wildman–Crippen MR) is 94.2 cm³/mol. The number of carbonyl (C=O) groups excluding carboxylic acids is 1. The van der Waals surface area contributed by atoms with E-state index in [4.69, 9.17) is 0 Å². The predicted octanol–water partition coefficient (Wildman–Crippen LogP) is 1.74. The van der Waals surface area contributed by atoms with E-state index < -0.39 is 10.0 Å². The Morgan fingerprint density at radius 1 is 1.46 bits per heavy atom. The van der Waals surface area contributed by atoms with Crippen molar-refractivity contribution in [2.75, 3.05) is 18.6 Å².